The van der Waals surface area contributed by atoms with E-state index in [1.165, 1.54) is 11.6 Å². The molecule has 0 heterocycles. The van der Waals surface area contributed by atoms with Crippen molar-refractivity contribution in [3.8, 4) is 5.75 Å². The fourth-order valence-corrected chi connectivity index (χ4v) is 2.54. The molecule has 5 heteroatoms. The molecule has 0 atom stereocenters. The van der Waals surface area contributed by atoms with E-state index >= 15 is 0 Å². The minimum atomic E-state index is -4.17. The van der Waals surface area contributed by atoms with E-state index in [-0.39, 0.29) is 24.2 Å². The molecule has 0 amide bonds. The number of benzene rings is 2. The first-order valence-electron chi connectivity index (χ1n) is 9.17. The van der Waals surface area contributed by atoms with Gasteiger partial charge in [-0.25, -0.2) is 0 Å². The molecule has 0 spiro atoms. The molecule has 0 saturated heterocycles. The number of hydrogen-bond acceptors (Lipinski definition) is 2. The second kappa shape index (κ2) is 9.09. The third-order valence-corrected chi connectivity index (χ3v) is 4.22. The maximum atomic E-state index is 12.3. The number of halogens is 3. The zero-order valence-corrected chi connectivity index (χ0v) is 16.3. The Morgan fingerprint density at radius 3 is 2.11 bits per heavy atom. The van der Waals surface area contributed by atoms with Crippen molar-refractivity contribution in [2.45, 2.75) is 45.2 Å². The number of carbonyl (C=O) groups excluding carboxylic acids is 1. The molecule has 2 aromatic carbocycles. The summed E-state index contributed by atoms with van der Waals surface area (Å²) in [5.74, 6) is 0.295. The van der Waals surface area contributed by atoms with E-state index < -0.39 is 12.6 Å². The number of ketones is 1. The van der Waals surface area contributed by atoms with Gasteiger partial charge in [-0.1, -0.05) is 51.1 Å². The fraction of sp³-hybridized carbons (Fsp3) is 0.348. The summed E-state index contributed by atoms with van der Waals surface area (Å²) >= 11 is 0. The van der Waals surface area contributed by atoms with E-state index in [4.69, 9.17) is 4.74 Å². The highest BCUT2D eigenvalue weighted by Crippen LogP contribution is 2.23. The van der Waals surface area contributed by atoms with Crippen LogP contribution < -0.4 is 4.74 Å². The number of carbonyl (C=O) groups is 1. The summed E-state index contributed by atoms with van der Waals surface area (Å²) in [6, 6.07) is 14.4. The van der Waals surface area contributed by atoms with Crippen LogP contribution in [0.3, 0.4) is 0 Å². The minimum absolute atomic E-state index is 0.0166. The fourth-order valence-electron chi connectivity index (χ4n) is 2.54. The summed E-state index contributed by atoms with van der Waals surface area (Å²) in [4.78, 5) is 12.3. The lowest BCUT2D eigenvalue weighted by atomic mass is 9.87. The summed E-state index contributed by atoms with van der Waals surface area (Å²) in [5.41, 5.74) is 2.73. The summed E-state index contributed by atoms with van der Waals surface area (Å²) in [5, 5.41) is 0. The Labute approximate surface area is 164 Å². The highest BCUT2D eigenvalue weighted by Gasteiger charge is 2.26. The van der Waals surface area contributed by atoms with Gasteiger partial charge in [0, 0.05) is 12.0 Å². The molecule has 150 valence electrons. The van der Waals surface area contributed by atoms with Crippen LogP contribution in [-0.2, 0) is 5.41 Å². The number of allylic oxidation sites excluding steroid dienone is 1. The molecule has 0 aliphatic heterocycles. The third-order valence-electron chi connectivity index (χ3n) is 4.22. The summed E-state index contributed by atoms with van der Waals surface area (Å²) in [6.45, 7) is 6.42. The molecular formula is C23H25F3O2. The molecule has 0 radical (unpaired) electrons. The first kappa shape index (κ1) is 21.7. The molecule has 0 aliphatic rings. The monoisotopic (exact) mass is 390 g/mol. The van der Waals surface area contributed by atoms with E-state index in [0.29, 0.717) is 11.3 Å². The minimum Gasteiger partial charge on any atom is -0.494 e. The average molecular weight is 390 g/mol. The van der Waals surface area contributed by atoms with E-state index in [9.17, 15) is 18.0 Å². The van der Waals surface area contributed by atoms with Crippen molar-refractivity contribution in [3.63, 3.8) is 0 Å². The van der Waals surface area contributed by atoms with Gasteiger partial charge in [0.05, 0.1) is 6.61 Å². The lowest BCUT2D eigenvalue weighted by Crippen LogP contribution is -2.10. The lowest BCUT2D eigenvalue weighted by Gasteiger charge is -2.18. The molecular weight excluding hydrogens is 365 g/mol. The second-order valence-electron chi connectivity index (χ2n) is 7.66. The van der Waals surface area contributed by atoms with Crippen molar-refractivity contribution in [1.29, 1.82) is 0 Å². The van der Waals surface area contributed by atoms with E-state index in [1.54, 1.807) is 30.3 Å². The normalized spacial score (nSPS) is 12.4. The third kappa shape index (κ3) is 7.22. The molecule has 0 aromatic heterocycles. The molecule has 28 heavy (non-hydrogen) atoms. The Morgan fingerprint density at radius 1 is 0.964 bits per heavy atom. The Hall–Kier alpha value is -2.56. The number of hydrogen-bond donors (Lipinski definition) is 0. The summed E-state index contributed by atoms with van der Waals surface area (Å²) < 4.78 is 41.5. The number of rotatable bonds is 7. The van der Waals surface area contributed by atoms with Gasteiger partial charge in [-0.2, -0.15) is 13.2 Å². The maximum absolute atomic E-state index is 12.3. The van der Waals surface area contributed by atoms with Gasteiger partial charge in [0.15, 0.2) is 5.78 Å². The van der Waals surface area contributed by atoms with Gasteiger partial charge in [-0.3, -0.25) is 4.79 Å². The molecule has 2 aromatic rings. The maximum Gasteiger partial charge on any atom is 0.389 e. The highest BCUT2D eigenvalue weighted by atomic mass is 19.4. The average Bonchev–Trinajstić information content (AvgIpc) is 2.62. The smallest absolute Gasteiger partial charge is 0.389 e. The van der Waals surface area contributed by atoms with Crippen molar-refractivity contribution in [1.82, 2.24) is 0 Å². The van der Waals surface area contributed by atoms with Gasteiger partial charge in [0.1, 0.15) is 5.75 Å². The summed E-state index contributed by atoms with van der Waals surface area (Å²) in [7, 11) is 0. The molecule has 2 rings (SSSR count). The Morgan fingerprint density at radius 2 is 1.57 bits per heavy atom. The Kier molecular flexibility index (Phi) is 7.05. The zero-order chi connectivity index (χ0) is 20.8. The van der Waals surface area contributed by atoms with Gasteiger partial charge in [0.25, 0.3) is 0 Å². The molecule has 0 aliphatic carbocycles. The van der Waals surface area contributed by atoms with Crippen LogP contribution in [-0.4, -0.2) is 18.6 Å². The molecule has 0 unspecified atom stereocenters. The van der Waals surface area contributed by atoms with E-state index in [1.807, 2.05) is 12.1 Å². The van der Waals surface area contributed by atoms with Crippen LogP contribution in [0.15, 0.2) is 54.6 Å². The standard InChI is InChI=1S/C23H25F3O2/c1-22(2,3)19-10-5-17(6-11-19)7-14-21(27)18-8-12-20(13-9-18)28-16-4-15-23(24,25)26/h5-14H,4,15-16H2,1-3H3/b14-7+. The van der Waals surface area contributed by atoms with Crippen LogP contribution in [0.4, 0.5) is 13.2 Å². The van der Waals surface area contributed by atoms with Crippen LogP contribution in [0.5, 0.6) is 5.75 Å². The van der Waals surface area contributed by atoms with Crippen LogP contribution in [0.25, 0.3) is 6.08 Å². The molecule has 0 bridgehead atoms. The molecule has 0 N–H and O–H groups in total. The van der Waals surface area contributed by atoms with Gasteiger partial charge in [-0.15, -0.1) is 0 Å². The summed E-state index contributed by atoms with van der Waals surface area (Å²) in [6.07, 6.45) is -1.87. The first-order valence-corrected chi connectivity index (χ1v) is 9.17. The Balaban J connectivity index is 1.89. The second-order valence-corrected chi connectivity index (χ2v) is 7.66. The first-order chi connectivity index (χ1) is 13.0. The van der Waals surface area contributed by atoms with Crippen molar-refractivity contribution in [2.24, 2.45) is 0 Å². The van der Waals surface area contributed by atoms with E-state index in [2.05, 4.69) is 32.9 Å². The highest BCUT2D eigenvalue weighted by molar-refractivity contribution is 6.06. The van der Waals surface area contributed by atoms with Crippen molar-refractivity contribution >= 4 is 11.9 Å². The van der Waals surface area contributed by atoms with Crippen LogP contribution in [0, 0.1) is 0 Å². The van der Waals surface area contributed by atoms with Gasteiger partial charge < -0.3 is 4.74 Å². The molecule has 0 fully saturated rings. The van der Waals surface area contributed by atoms with Crippen molar-refractivity contribution in [3.05, 3.63) is 71.3 Å². The largest absolute Gasteiger partial charge is 0.494 e. The predicted octanol–water partition coefficient (Wildman–Crippen LogP) is 6.60. The van der Waals surface area contributed by atoms with Crippen molar-refractivity contribution in [2.75, 3.05) is 6.61 Å². The topological polar surface area (TPSA) is 26.3 Å². The number of alkyl halides is 3. The SMILES string of the molecule is CC(C)(C)c1ccc(/C=C/C(=O)c2ccc(OCCCC(F)(F)F)cc2)cc1. The molecule has 2 nitrogen and oxygen atoms in total. The molecule has 0 saturated carbocycles. The quantitative estimate of drug-likeness (QED) is 0.302. The number of ether oxygens (including phenoxy) is 1. The van der Waals surface area contributed by atoms with Crippen LogP contribution in [0.2, 0.25) is 0 Å². The predicted molar refractivity (Wildman–Crippen MR) is 106 cm³/mol. The van der Waals surface area contributed by atoms with Crippen LogP contribution >= 0.6 is 0 Å². The van der Waals surface area contributed by atoms with E-state index in [0.717, 1.165) is 5.56 Å². The lowest BCUT2D eigenvalue weighted by molar-refractivity contribution is -0.136. The van der Waals surface area contributed by atoms with Crippen LogP contribution in [0.1, 0.15) is 55.1 Å². The van der Waals surface area contributed by atoms with Gasteiger partial charge in [0.2, 0.25) is 0 Å². The van der Waals surface area contributed by atoms with Gasteiger partial charge >= 0.3 is 6.18 Å². The van der Waals surface area contributed by atoms with Crippen molar-refractivity contribution < 1.29 is 22.7 Å². The van der Waals surface area contributed by atoms with Gasteiger partial charge in [-0.05, 0) is 53.3 Å². The Bertz CT molecular complexity index is 796. The zero-order valence-electron chi connectivity index (χ0n) is 16.3.